The van der Waals surface area contributed by atoms with E-state index in [0.717, 1.165) is 25.8 Å². The van der Waals surface area contributed by atoms with Crippen LogP contribution in [0.2, 0.25) is 0 Å². The van der Waals surface area contributed by atoms with Crippen molar-refractivity contribution in [3.05, 3.63) is 0 Å². The van der Waals surface area contributed by atoms with E-state index in [4.69, 9.17) is 0 Å². The monoisotopic (exact) mass is 304 g/mol. The molecule has 5 nitrogen and oxygen atoms in total. The van der Waals surface area contributed by atoms with Crippen LogP contribution in [0.1, 0.15) is 40.0 Å². The molecule has 0 aromatic rings. The van der Waals surface area contributed by atoms with E-state index in [1.807, 2.05) is 25.7 Å². The van der Waals surface area contributed by atoms with Gasteiger partial charge in [0.05, 0.1) is 12.0 Å². The number of rotatable bonds is 3. The van der Waals surface area contributed by atoms with E-state index in [-0.39, 0.29) is 29.8 Å². The fourth-order valence-electron chi connectivity index (χ4n) is 3.52. The summed E-state index contributed by atoms with van der Waals surface area (Å²) in [6.07, 6.45) is 2.73. The number of nitrogens with one attached hydrogen (secondary N) is 1. The lowest BCUT2D eigenvalue weighted by molar-refractivity contribution is -0.149. The highest BCUT2D eigenvalue weighted by molar-refractivity contribution is 5.85. The Labute approximate surface area is 126 Å². The van der Waals surface area contributed by atoms with Gasteiger partial charge in [-0.25, -0.2) is 0 Å². The predicted octanol–water partition coefficient (Wildman–Crippen LogP) is 1.51. The molecular formula is C14H25ClN2O3. The number of nitrogens with zero attached hydrogens (tertiary/aromatic N) is 1. The van der Waals surface area contributed by atoms with Crippen LogP contribution in [0, 0.1) is 11.3 Å². The maximum absolute atomic E-state index is 11.9. The van der Waals surface area contributed by atoms with Gasteiger partial charge in [-0.1, -0.05) is 6.42 Å². The molecule has 2 rings (SSSR count). The van der Waals surface area contributed by atoms with Crippen molar-refractivity contribution in [2.45, 2.75) is 45.6 Å². The average Bonchev–Trinajstić information content (AvgIpc) is 2.70. The predicted molar refractivity (Wildman–Crippen MR) is 79.0 cm³/mol. The van der Waals surface area contributed by atoms with Gasteiger partial charge < -0.3 is 10.4 Å². The molecule has 0 unspecified atom stereocenters. The zero-order valence-electron chi connectivity index (χ0n) is 12.4. The van der Waals surface area contributed by atoms with Crippen molar-refractivity contribution in [3.8, 4) is 0 Å². The number of carbonyl (C=O) groups excluding carboxylic acids is 1. The summed E-state index contributed by atoms with van der Waals surface area (Å²) in [5, 5.41) is 12.4. The van der Waals surface area contributed by atoms with Gasteiger partial charge in [-0.15, -0.1) is 12.4 Å². The highest BCUT2D eigenvalue weighted by Gasteiger charge is 2.54. The van der Waals surface area contributed by atoms with Crippen molar-refractivity contribution in [3.63, 3.8) is 0 Å². The fourth-order valence-corrected chi connectivity index (χ4v) is 3.52. The molecule has 2 N–H and O–H groups in total. The summed E-state index contributed by atoms with van der Waals surface area (Å²) in [6.45, 7) is 7.41. The Hall–Kier alpha value is -0.810. The summed E-state index contributed by atoms with van der Waals surface area (Å²) in [7, 11) is 0. The number of hydrogen-bond donors (Lipinski definition) is 2. The number of likely N-dealkylation sites (tertiary alicyclic amines) is 1. The second-order valence-corrected chi connectivity index (χ2v) is 7.02. The molecule has 1 heterocycles. The van der Waals surface area contributed by atoms with Gasteiger partial charge in [0.2, 0.25) is 5.91 Å². The van der Waals surface area contributed by atoms with E-state index in [9.17, 15) is 14.7 Å². The minimum absolute atomic E-state index is 0. The van der Waals surface area contributed by atoms with Crippen LogP contribution in [0.4, 0.5) is 0 Å². The molecule has 1 amide bonds. The summed E-state index contributed by atoms with van der Waals surface area (Å²) < 4.78 is 0. The molecule has 2 aliphatic rings. The zero-order chi connectivity index (χ0) is 14.3. The topological polar surface area (TPSA) is 69.6 Å². The third-order valence-corrected chi connectivity index (χ3v) is 4.25. The first kappa shape index (κ1) is 17.2. The molecule has 0 radical (unpaired) electrons. The number of amides is 1. The first-order chi connectivity index (χ1) is 8.73. The van der Waals surface area contributed by atoms with Crippen molar-refractivity contribution in [1.29, 1.82) is 0 Å². The second-order valence-electron chi connectivity index (χ2n) is 7.02. The van der Waals surface area contributed by atoms with Crippen LogP contribution in [-0.2, 0) is 9.59 Å². The van der Waals surface area contributed by atoms with Crippen molar-refractivity contribution >= 4 is 24.3 Å². The minimum atomic E-state index is -0.686. The Balaban J connectivity index is 0.00000200. The van der Waals surface area contributed by atoms with Gasteiger partial charge in [0.15, 0.2) is 0 Å². The van der Waals surface area contributed by atoms with Gasteiger partial charge in [-0.3, -0.25) is 14.5 Å². The summed E-state index contributed by atoms with van der Waals surface area (Å²) >= 11 is 0. The second kappa shape index (κ2) is 5.90. The lowest BCUT2D eigenvalue weighted by Gasteiger charge is -2.25. The number of carboxylic acid groups (broad SMARTS) is 1. The van der Waals surface area contributed by atoms with Gasteiger partial charge in [0.1, 0.15) is 0 Å². The van der Waals surface area contributed by atoms with Crippen LogP contribution >= 0.6 is 12.4 Å². The maximum Gasteiger partial charge on any atom is 0.311 e. The first-order valence-electron chi connectivity index (χ1n) is 7.00. The summed E-state index contributed by atoms with van der Waals surface area (Å²) in [5.41, 5.74) is -0.834. The lowest BCUT2D eigenvalue weighted by Crippen LogP contribution is -2.46. The van der Waals surface area contributed by atoms with Gasteiger partial charge in [-0.05, 0) is 39.5 Å². The number of carbonyl (C=O) groups is 2. The van der Waals surface area contributed by atoms with E-state index in [2.05, 4.69) is 5.32 Å². The largest absolute Gasteiger partial charge is 0.481 e. The number of aliphatic carboxylic acids is 1. The molecule has 116 valence electrons. The number of carboxylic acids is 1. The highest BCUT2D eigenvalue weighted by Crippen LogP contribution is 2.48. The van der Waals surface area contributed by atoms with Crippen molar-refractivity contribution < 1.29 is 14.7 Å². The van der Waals surface area contributed by atoms with Crippen LogP contribution in [0.3, 0.4) is 0 Å². The molecule has 1 aliphatic heterocycles. The smallest absolute Gasteiger partial charge is 0.311 e. The van der Waals surface area contributed by atoms with E-state index in [1.54, 1.807) is 0 Å². The SMILES string of the molecule is CC(C)(C)NC(=O)CN1C[C@@H]2CCC[C@@]2(C(=O)O)C1.Cl. The third-order valence-electron chi connectivity index (χ3n) is 4.25. The molecule has 20 heavy (non-hydrogen) atoms. The molecular weight excluding hydrogens is 280 g/mol. The number of hydrogen-bond acceptors (Lipinski definition) is 3. The van der Waals surface area contributed by atoms with Gasteiger partial charge in [0.25, 0.3) is 0 Å². The molecule has 1 aliphatic carbocycles. The molecule has 2 fully saturated rings. The molecule has 0 aromatic carbocycles. The van der Waals surface area contributed by atoms with Crippen LogP contribution < -0.4 is 5.32 Å². The molecule has 1 saturated heterocycles. The van der Waals surface area contributed by atoms with Crippen LogP contribution in [0.15, 0.2) is 0 Å². The first-order valence-corrected chi connectivity index (χ1v) is 7.00. The summed E-state index contributed by atoms with van der Waals surface area (Å²) in [4.78, 5) is 25.4. The normalized spacial score (nSPS) is 29.6. The van der Waals surface area contributed by atoms with Gasteiger partial charge in [0, 0.05) is 18.6 Å². The maximum atomic E-state index is 11.9. The quantitative estimate of drug-likeness (QED) is 0.829. The highest BCUT2D eigenvalue weighted by atomic mass is 35.5. The Morgan fingerprint density at radius 1 is 1.40 bits per heavy atom. The summed E-state index contributed by atoms with van der Waals surface area (Å²) in [5.74, 6) is -0.492. The number of halogens is 1. The Bertz CT molecular complexity index is 394. The lowest BCUT2D eigenvalue weighted by atomic mass is 9.81. The molecule has 1 saturated carbocycles. The van der Waals surface area contributed by atoms with Crippen LogP contribution in [-0.4, -0.2) is 47.1 Å². The molecule has 2 atom stereocenters. The van der Waals surface area contributed by atoms with Crippen molar-refractivity contribution in [2.75, 3.05) is 19.6 Å². The Kier molecular flexibility index (Phi) is 5.08. The van der Waals surface area contributed by atoms with Crippen LogP contribution in [0.25, 0.3) is 0 Å². The molecule has 0 aromatic heterocycles. The molecule has 0 bridgehead atoms. The fraction of sp³-hybridized carbons (Fsp3) is 0.857. The zero-order valence-corrected chi connectivity index (χ0v) is 13.3. The Morgan fingerprint density at radius 2 is 2.05 bits per heavy atom. The van der Waals surface area contributed by atoms with Crippen molar-refractivity contribution in [1.82, 2.24) is 10.2 Å². The third kappa shape index (κ3) is 3.44. The van der Waals surface area contributed by atoms with Crippen LogP contribution in [0.5, 0.6) is 0 Å². The van der Waals surface area contributed by atoms with Crippen molar-refractivity contribution in [2.24, 2.45) is 11.3 Å². The Morgan fingerprint density at radius 3 is 2.55 bits per heavy atom. The standard InChI is InChI=1S/C14H24N2O3.ClH/c1-13(2,3)15-11(17)8-16-7-10-5-4-6-14(10,9-16)12(18)19;/h10H,4-9H2,1-3H3,(H,15,17)(H,18,19);1H/t10-,14+;/m0./s1. The van der Waals surface area contributed by atoms with Gasteiger partial charge in [-0.2, -0.15) is 0 Å². The number of fused-ring (bicyclic) bond motifs is 1. The van der Waals surface area contributed by atoms with E-state index in [0.29, 0.717) is 13.1 Å². The van der Waals surface area contributed by atoms with E-state index >= 15 is 0 Å². The molecule has 6 heteroatoms. The summed E-state index contributed by atoms with van der Waals surface area (Å²) in [6, 6.07) is 0. The van der Waals surface area contributed by atoms with E-state index in [1.165, 1.54) is 0 Å². The van der Waals surface area contributed by atoms with E-state index < -0.39 is 11.4 Å². The van der Waals surface area contributed by atoms with Gasteiger partial charge >= 0.3 is 5.97 Å². The molecule has 0 spiro atoms. The average molecular weight is 305 g/mol. The minimum Gasteiger partial charge on any atom is -0.481 e.